The van der Waals surface area contributed by atoms with E-state index in [2.05, 4.69) is 20.2 Å². The largest absolute Gasteiger partial charge is 0.476 e. The molecule has 1 aromatic rings. The summed E-state index contributed by atoms with van der Waals surface area (Å²) in [5.74, 6) is 2.00. The van der Waals surface area contributed by atoms with E-state index in [4.69, 9.17) is 9.47 Å². The molecule has 2 fully saturated rings. The molecular formula is C17H26N4O3. The third-order valence-corrected chi connectivity index (χ3v) is 4.58. The van der Waals surface area contributed by atoms with Crippen LogP contribution < -0.4 is 15.0 Å². The summed E-state index contributed by atoms with van der Waals surface area (Å²) < 4.78 is 11.5. The average Bonchev–Trinajstić information content (AvgIpc) is 3.12. The van der Waals surface area contributed by atoms with Crippen molar-refractivity contribution < 1.29 is 14.3 Å². The summed E-state index contributed by atoms with van der Waals surface area (Å²) >= 11 is 0. The van der Waals surface area contributed by atoms with Crippen molar-refractivity contribution in [2.45, 2.75) is 38.7 Å². The van der Waals surface area contributed by atoms with Crippen molar-refractivity contribution in [3.05, 3.63) is 12.4 Å². The average molecular weight is 334 g/mol. The quantitative estimate of drug-likeness (QED) is 0.847. The minimum absolute atomic E-state index is 0.0347. The van der Waals surface area contributed by atoms with Gasteiger partial charge in [0.05, 0.1) is 31.7 Å². The number of nitrogens with zero attached hydrogens (tertiary/aromatic N) is 3. The summed E-state index contributed by atoms with van der Waals surface area (Å²) in [4.78, 5) is 22.0. The minimum atomic E-state index is -0.0437. The Morgan fingerprint density at radius 1 is 1.42 bits per heavy atom. The van der Waals surface area contributed by atoms with Crippen molar-refractivity contribution in [1.82, 2.24) is 15.3 Å². The zero-order valence-corrected chi connectivity index (χ0v) is 14.2. The Kier molecular flexibility index (Phi) is 5.85. The number of carbonyl (C=O) groups excluding carboxylic acids is 1. The molecule has 1 aliphatic heterocycles. The summed E-state index contributed by atoms with van der Waals surface area (Å²) in [6.45, 7) is 4.80. The second kappa shape index (κ2) is 8.28. The van der Waals surface area contributed by atoms with Gasteiger partial charge in [-0.05, 0) is 18.8 Å². The molecule has 1 aliphatic carbocycles. The molecule has 1 saturated carbocycles. The Balaban J connectivity index is 1.55. The molecule has 2 heterocycles. The topological polar surface area (TPSA) is 76.6 Å². The Morgan fingerprint density at radius 3 is 3.04 bits per heavy atom. The van der Waals surface area contributed by atoms with Crippen LogP contribution in [-0.4, -0.2) is 54.8 Å². The van der Waals surface area contributed by atoms with Crippen molar-refractivity contribution in [2.75, 3.05) is 37.7 Å². The van der Waals surface area contributed by atoms with Crippen LogP contribution in [0.2, 0.25) is 0 Å². The van der Waals surface area contributed by atoms with E-state index in [1.807, 2.05) is 0 Å². The highest BCUT2D eigenvalue weighted by Gasteiger charge is 2.22. The Bertz CT molecular complexity index is 548. The molecule has 132 valence electrons. The molecule has 3 rings (SSSR count). The van der Waals surface area contributed by atoms with Crippen LogP contribution >= 0.6 is 0 Å². The molecule has 1 aromatic heterocycles. The molecule has 24 heavy (non-hydrogen) atoms. The van der Waals surface area contributed by atoms with Crippen LogP contribution in [0, 0.1) is 5.92 Å². The highest BCUT2D eigenvalue weighted by atomic mass is 16.5. The van der Waals surface area contributed by atoms with Gasteiger partial charge >= 0.3 is 0 Å². The van der Waals surface area contributed by atoms with Crippen LogP contribution in [0.5, 0.6) is 5.88 Å². The molecule has 7 heteroatoms. The van der Waals surface area contributed by atoms with Crippen LogP contribution in [0.15, 0.2) is 12.4 Å². The monoisotopic (exact) mass is 334 g/mol. The van der Waals surface area contributed by atoms with Gasteiger partial charge in [-0.2, -0.15) is 4.98 Å². The third kappa shape index (κ3) is 4.80. The highest BCUT2D eigenvalue weighted by Crippen LogP contribution is 2.25. The molecule has 0 radical (unpaired) electrons. The summed E-state index contributed by atoms with van der Waals surface area (Å²) in [7, 11) is 0. The molecule has 1 atom stereocenters. The van der Waals surface area contributed by atoms with E-state index in [0.717, 1.165) is 19.0 Å². The first-order chi connectivity index (χ1) is 11.7. The summed E-state index contributed by atoms with van der Waals surface area (Å²) in [6, 6.07) is 0. The third-order valence-electron chi connectivity index (χ3n) is 4.58. The number of amides is 1. The fourth-order valence-corrected chi connectivity index (χ4v) is 3.25. The van der Waals surface area contributed by atoms with Crippen molar-refractivity contribution in [1.29, 1.82) is 0 Å². The van der Waals surface area contributed by atoms with Gasteiger partial charge in [0.1, 0.15) is 0 Å². The molecule has 2 aliphatic rings. The summed E-state index contributed by atoms with van der Waals surface area (Å²) in [5.41, 5.74) is 0. The standard InChI is InChI=1S/C17H26N4O3/c1-13(22)19-8-15-11-21(6-7-23-15)16-9-18-10-17(20-16)24-12-14-4-2-3-5-14/h9-10,14-15H,2-8,11-12H2,1H3,(H,19,22). The van der Waals surface area contributed by atoms with Gasteiger partial charge in [-0.3, -0.25) is 9.78 Å². The Hall–Kier alpha value is -1.89. The lowest BCUT2D eigenvalue weighted by atomic mass is 10.1. The molecule has 7 nitrogen and oxygen atoms in total. The Morgan fingerprint density at radius 2 is 2.25 bits per heavy atom. The number of hydrogen-bond acceptors (Lipinski definition) is 6. The van der Waals surface area contributed by atoms with Crippen molar-refractivity contribution in [2.24, 2.45) is 5.92 Å². The van der Waals surface area contributed by atoms with Gasteiger partial charge in [0.15, 0.2) is 5.82 Å². The number of hydrogen-bond donors (Lipinski definition) is 1. The lowest BCUT2D eigenvalue weighted by molar-refractivity contribution is -0.119. The Labute approximate surface area is 142 Å². The molecule has 1 unspecified atom stereocenters. The number of aromatic nitrogens is 2. The number of morpholine rings is 1. The number of ether oxygens (including phenoxy) is 2. The van der Waals surface area contributed by atoms with E-state index in [0.29, 0.717) is 31.5 Å². The van der Waals surface area contributed by atoms with Gasteiger partial charge in [0, 0.05) is 26.6 Å². The minimum Gasteiger partial charge on any atom is -0.476 e. The summed E-state index contributed by atoms with van der Waals surface area (Å²) in [6.07, 6.45) is 8.51. The van der Waals surface area contributed by atoms with E-state index in [1.54, 1.807) is 12.4 Å². The zero-order valence-electron chi connectivity index (χ0n) is 14.2. The fraction of sp³-hybridized carbons (Fsp3) is 0.706. The molecule has 1 amide bonds. The lowest BCUT2D eigenvalue weighted by Gasteiger charge is -2.33. The van der Waals surface area contributed by atoms with E-state index >= 15 is 0 Å². The predicted molar refractivity (Wildman–Crippen MR) is 90.1 cm³/mol. The van der Waals surface area contributed by atoms with Crippen LogP contribution in [0.3, 0.4) is 0 Å². The molecule has 1 N–H and O–H groups in total. The van der Waals surface area contributed by atoms with E-state index in [9.17, 15) is 4.79 Å². The van der Waals surface area contributed by atoms with Crippen molar-refractivity contribution in [3.63, 3.8) is 0 Å². The van der Waals surface area contributed by atoms with E-state index < -0.39 is 0 Å². The number of rotatable bonds is 6. The van der Waals surface area contributed by atoms with E-state index in [1.165, 1.54) is 32.6 Å². The van der Waals surface area contributed by atoms with Crippen LogP contribution in [-0.2, 0) is 9.53 Å². The van der Waals surface area contributed by atoms with Gasteiger partial charge in [-0.1, -0.05) is 12.8 Å². The van der Waals surface area contributed by atoms with Crippen molar-refractivity contribution in [3.8, 4) is 5.88 Å². The van der Waals surface area contributed by atoms with Gasteiger partial charge in [0.2, 0.25) is 11.8 Å². The lowest BCUT2D eigenvalue weighted by Crippen LogP contribution is -2.47. The van der Waals surface area contributed by atoms with Gasteiger partial charge in [-0.15, -0.1) is 0 Å². The van der Waals surface area contributed by atoms with Crippen molar-refractivity contribution >= 4 is 11.7 Å². The number of anilines is 1. The molecule has 0 aromatic carbocycles. The van der Waals surface area contributed by atoms with E-state index in [-0.39, 0.29) is 12.0 Å². The smallest absolute Gasteiger partial charge is 0.234 e. The SMILES string of the molecule is CC(=O)NCC1CN(c2cncc(OCC3CCCC3)n2)CCO1. The second-order valence-corrected chi connectivity index (χ2v) is 6.55. The first-order valence-corrected chi connectivity index (χ1v) is 8.76. The molecule has 0 bridgehead atoms. The molecule has 1 saturated heterocycles. The van der Waals surface area contributed by atoms with Gasteiger partial charge < -0.3 is 19.7 Å². The molecular weight excluding hydrogens is 308 g/mol. The maximum absolute atomic E-state index is 11.0. The normalized spacial score (nSPS) is 21.7. The van der Waals surface area contributed by atoms with Gasteiger partial charge in [-0.25, -0.2) is 0 Å². The first-order valence-electron chi connectivity index (χ1n) is 8.76. The summed E-state index contributed by atoms with van der Waals surface area (Å²) in [5, 5.41) is 2.80. The second-order valence-electron chi connectivity index (χ2n) is 6.55. The highest BCUT2D eigenvalue weighted by molar-refractivity contribution is 5.72. The van der Waals surface area contributed by atoms with Crippen LogP contribution in [0.4, 0.5) is 5.82 Å². The number of nitrogens with one attached hydrogen (secondary N) is 1. The van der Waals surface area contributed by atoms with Crippen LogP contribution in [0.25, 0.3) is 0 Å². The maximum atomic E-state index is 11.0. The predicted octanol–water partition coefficient (Wildman–Crippen LogP) is 1.39. The maximum Gasteiger partial charge on any atom is 0.234 e. The zero-order chi connectivity index (χ0) is 16.8. The first kappa shape index (κ1) is 17.0. The van der Waals surface area contributed by atoms with Gasteiger partial charge in [0.25, 0.3) is 0 Å². The fourth-order valence-electron chi connectivity index (χ4n) is 3.25. The van der Waals surface area contributed by atoms with Crippen LogP contribution in [0.1, 0.15) is 32.6 Å². The molecule has 0 spiro atoms. The number of carbonyl (C=O) groups is 1.